The van der Waals surface area contributed by atoms with E-state index < -0.39 is 0 Å². The molecule has 0 amide bonds. The van der Waals surface area contributed by atoms with E-state index in [9.17, 15) is 0 Å². The highest BCUT2D eigenvalue weighted by atomic mass is 79.9. The van der Waals surface area contributed by atoms with Crippen LogP contribution in [0.5, 0.6) is 5.75 Å². The van der Waals surface area contributed by atoms with Crippen molar-refractivity contribution < 1.29 is 4.74 Å². The molecule has 3 rings (SSSR count). The van der Waals surface area contributed by atoms with Crippen LogP contribution in [0.3, 0.4) is 0 Å². The van der Waals surface area contributed by atoms with Crippen molar-refractivity contribution in [3.8, 4) is 5.75 Å². The number of hydrogen-bond donors (Lipinski definition) is 1. The first-order chi connectivity index (χ1) is 10.2. The summed E-state index contributed by atoms with van der Waals surface area (Å²) in [7, 11) is 0. The first kappa shape index (κ1) is 14.9. The molecule has 2 nitrogen and oxygen atoms in total. The molecule has 110 valence electrons. The van der Waals surface area contributed by atoms with Crippen molar-refractivity contribution in [1.82, 2.24) is 5.32 Å². The second-order valence-electron chi connectivity index (χ2n) is 5.10. The lowest BCUT2D eigenvalue weighted by molar-refractivity contribution is 0.350. The van der Waals surface area contributed by atoms with Crippen LogP contribution < -0.4 is 10.1 Å². The molecular weight excluding hydrogens is 350 g/mol. The van der Waals surface area contributed by atoms with Gasteiger partial charge in [-0.25, -0.2) is 0 Å². The van der Waals surface area contributed by atoms with E-state index in [-0.39, 0.29) is 6.04 Å². The fourth-order valence-corrected chi connectivity index (χ4v) is 3.21. The summed E-state index contributed by atoms with van der Waals surface area (Å²) in [6.45, 7) is 3.76. The lowest BCUT2D eigenvalue weighted by Crippen LogP contribution is -2.22. The van der Waals surface area contributed by atoms with Gasteiger partial charge in [0.15, 0.2) is 0 Å². The van der Waals surface area contributed by atoms with Crippen molar-refractivity contribution in [2.45, 2.75) is 19.4 Å². The molecule has 0 saturated carbocycles. The topological polar surface area (TPSA) is 21.3 Å². The van der Waals surface area contributed by atoms with E-state index in [4.69, 9.17) is 16.3 Å². The van der Waals surface area contributed by atoms with E-state index in [1.165, 1.54) is 11.1 Å². The average Bonchev–Trinajstić information content (AvgIpc) is 2.96. The molecule has 1 aliphatic rings. The summed E-state index contributed by atoms with van der Waals surface area (Å²) in [4.78, 5) is 0. The highest BCUT2D eigenvalue weighted by Crippen LogP contribution is 2.37. The summed E-state index contributed by atoms with van der Waals surface area (Å²) in [5.41, 5.74) is 3.62. The Morgan fingerprint density at radius 2 is 2.19 bits per heavy atom. The average molecular weight is 367 g/mol. The van der Waals surface area contributed by atoms with Crippen LogP contribution in [0.2, 0.25) is 5.02 Å². The quantitative estimate of drug-likeness (QED) is 0.844. The third-order valence-corrected chi connectivity index (χ3v) is 4.97. The molecule has 0 saturated heterocycles. The predicted octanol–water partition coefficient (Wildman–Crippen LogP) is 4.74. The zero-order valence-electron chi connectivity index (χ0n) is 11.8. The second kappa shape index (κ2) is 6.39. The van der Waals surface area contributed by atoms with Gasteiger partial charge in [-0.3, -0.25) is 0 Å². The summed E-state index contributed by atoms with van der Waals surface area (Å²) < 4.78 is 6.76. The number of ether oxygens (including phenoxy) is 1. The highest BCUT2D eigenvalue weighted by molar-refractivity contribution is 9.10. The molecule has 4 heteroatoms. The van der Waals surface area contributed by atoms with Gasteiger partial charge in [-0.05, 0) is 45.7 Å². The Balaban J connectivity index is 2.06. The Labute approximate surface area is 138 Å². The SMILES string of the molecule is CCNC(c1ccc(Br)c(Cl)c1)c1cccc2c1OCC2. The molecule has 2 aromatic rings. The molecule has 1 N–H and O–H groups in total. The van der Waals surface area contributed by atoms with Gasteiger partial charge in [0.25, 0.3) is 0 Å². The van der Waals surface area contributed by atoms with E-state index in [2.05, 4.69) is 52.4 Å². The van der Waals surface area contributed by atoms with Crippen LogP contribution in [0.25, 0.3) is 0 Å². The third-order valence-electron chi connectivity index (χ3n) is 3.74. The zero-order valence-corrected chi connectivity index (χ0v) is 14.2. The Hall–Kier alpha value is -1.03. The Kier molecular flexibility index (Phi) is 4.53. The molecule has 1 aliphatic heterocycles. The number of benzene rings is 2. The van der Waals surface area contributed by atoms with Crippen LogP contribution in [0.1, 0.15) is 29.7 Å². The molecule has 0 spiro atoms. The summed E-state index contributed by atoms with van der Waals surface area (Å²) in [5, 5.41) is 4.26. The largest absolute Gasteiger partial charge is 0.493 e. The molecule has 0 aliphatic carbocycles. The number of fused-ring (bicyclic) bond motifs is 1. The van der Waals surface area contributed by atoms with Gasteiger partial charge in [-0.1, -0.05) is 42.8 Å². The summed E-state index contributed by atoms with van der Waals surface area (Å²) in [6.07, 6.45) is 0.989. The molecule has 21 heavy (non-hydrogen) atoms. The van der Waals surface area contributed by atoms with Gasteiger partial charge < -0.3 is 10.1 Å². The summed E-state index contributed by atoms with van der Waals surface area (Å²) in [5.74, 6) is 1.03. The minimum absolute atomic E-state index is 0.0913. The molecular formula is C17H17BrClNO. The Morgan fingerprint density at radius 1 is 1.33 bits per heavy atom. The van der Waals surface area contributed by atoms with Crippen LogP contribution in [0.4, 0.5) is 0 Å². The third kappa shape index (κ3) is 2.96. The maximum atomic E-state index is 6.26. The van der Waals surface area contributed by atoms with Crippen molar-refractivity contribution >= 4 is 27.5 Å². The predicted molar refractivity (Wildman–Crippen MR) is 90.3 cm³/mol. The van der Waals surface area contributed by atoms with Gasteiger partial charge in [0, 0.05) is 16.5 Å². The molecule has 0 fully saturated rings. The minimum Gasteiger partial charge on any atom is -0.493 e. The van der Waals surface area contributed by atoms with Crippen LogP contribution in [0.15, 0.2) is 40.9 Å². The lowest BCUT2D eigenvalue weighted by Gasteiger charge is -2.21. The zero-order chi connectivity index (χ0) is 14.8. The van der Waals surface area contributed by atoms with E-state index in [0.29, 0.717) is 0 Å². The monoisotopic (exact) mass is 365 g/mol. The molecule has 1 unspecified atom stereocenters. The minimum atomic E-state index is 0.0913. The maximum absolute atomic E-state index is 6.26. The molecule has 0 bridgehead atoms. The summed E-state index contributed by atoms with van der Waals surface area (Å²) in [6, 6.07) is 12.6. The van der Waals surface area contributed by atoms with Crippen molar-refractivity contribution in [3.63, 3.8) is 0 Å². The Bertz CT molecular complexity index is 659. The smallest absolute Gasteiger partial charge is 0.127 e. The number of nitrogens with one attached hydrogen (secondary N) is 1. The van der Waals surface area contributed by atoms with Crippen molar-refractivity contribution in [2.24, 2.45) is 0 Å². The van der Waals surface area contributed by atoms with Crippen molar-refractivity contribution in [1.29, 1.82) is 0 Å². The normalized spacial score (nSPS) is 14.6. The maximum Gasteiger partial charge on any atom is 0.127 e. The van der Waals surface area contributed by atoms with E-state index in [1.54, 1.807) is 0 Å². The van der Waals surface area contributed by atoms with Crippen LogP contribution in [-0.4, -0.2) is 13.2 Å². The van der Waals surface area contributed by atoms with Crippen LogP contribution in [-0.2, 0) is 6.42 Å². The fourth-order valence-electron chi connectivity index (χ4n) is 2.77. The van der Waals surface area contributed by atoms with Crippen molar-refractivity contribution in [2.75, 3.05) is 13.2 Å². The molecule has 0 radical (unpaired) electrons. The van der Waals surface area contributed by atoms with E-state index in [1.807, 2.05) is 12.1 Å². The van der Waals surface area contributed by atoms with Gasteiger partial charge in [0.05, 0.1) is 17.7 Å². The van der Waals surface area contributed by atoms with E-state index in [0.717, 1.165) is 40.4 Å². The molecule has 0 aromatic heterocycles. The summed E-state index contributed by atoms with van der Waals surface area (Å²) >= 11 is 9.70. The number of halogens is 2. The van der Waals surface area contributed by atoms with Crippen LogP contribution in [0, 0.1) is 0 Å². The van der Waals surface area contributed by atoms with Gasteiger partial charge in [-0.15, -0.1) is 0 Å². The van der Waals surface area contributed by atoms with Gasteiger partial charge in [0.2, 0.25) is 0 Å². The van der Waals surface area contributed by atoms with Crippen LogP contribution >= 0.6 is 27.5 Å². The van der Waals surface area contributed by atoms with E-state index >= 15 is 0 Å². The molecule has 1 atom stereocenters. The van der Waals surface area contributed by atoms with Gasteiger partial charge in [0.1, 0.15) is 5.75 Å². The van der Waals surface area contributed by atoms with Gasteiger partial charge >= 0.3 is 0 Å². The van der Waals surface area contributed by atoms with Crippen molar-refractivity contribution in [3.05, 3.63) is 62.6 Å². The Morgan fingerprint density at radius 3 is 2.95 bits per heavy atom. The molecule has 1 heterocycles. The fraction of sp³-hybridized carbons (Fsp3) is 0.294. The number of para-hydroxylation sites is 1. The first-order valence-electron chi connectivity index (χ1n) is 7.13. The van der Waals surface area contributed by atoms with Gasteiger partial charge in [-0.2, -0.15) is 0 Å². The second-order valence-corrected chi connectivity index (χ2v) is 6.36. The standard InChI is InChI=1S/C17H17BrClNO/c1-2-20-16(12-6-7-14(18)15(19)10-12)13-5-3-4-11-8-9-21-17(11)13/h3-7,10,16,20H,2,8-9H2,1H3. The first-order valence-corrected chi connectivity index (χ1v) is 8.30. The molecule has 2 aromatic carbocycles. The number of rotatable bonds is 4. The number of hydrogen-bond acceptors (Lipinski definition) is 2. The highest BCUT2D eigenvalue weighted by Gasteiger charge is 2.23. The lowest BCUT2D eigenvalue weighted by atomic mass is 9.96.